The lowest BCUT2D eigenvalue weighted by Gasteiger charge is -2.06. The van der Waals surface area contributed by atoms with Crippen molar-refractivity contribution in [2.45, 2.75) is 19.8 Å². The van der Waals surface area contributed by atoms with Crippen LogP contribution in [-0.4, -0.2) is 21.8 Å². The van der Waals surface area contributed by atoms with Crippen molar-refractivity contribution in [3.63, 3.8) is 0 Å². The van der Waals surface area contributed by atoms with Crippen molar-refractivity contribution in [2.24, 2.45) is 5.73 Å². The highest BCUT2D eigenvalue weighted by Crippen LogP contribution is 2.25. The largest absolute Gasteiger partial charge is 0.330 e. The molecule has 6 heteroatoms. The zero-order valence-corrected chi connectivity index (χ0v) is 13.4. The molecule has 0 saturated heterocycles. The summed E-state index contributed by atoms with van der Waals surface area (Å²) in [6, 6.07) is 9.91. The molecule has 0 aliphatic rings. The third kappa shape index (κ3) is 3.28. The Morgan fingerprint density at radius 2 is 2.00 bits per heavy atom. The molecular weight excluding hydrogens is 307 g/mol. The molecule has 2 heterocycles. The van der Waals surface area contributed by atoms with Crippen molar-refractivity contribution in [2.75, 3.05) is 11.9 Å². The number of halogens is 1. The zero-order chi connectivity index (χ0) is 17.1. The Morgan fingerprint density at radius 3 is 2.71 bits per heavy atom. The highest BCUT2D eigenvalue weighted by Gasteiger charge is 2.11. The topological polar surface area (TPSA) is 72.4 Å². The van der Waals surface area contributed by atoms with E-state index in [9.17, 15) is 9.18 Å². The summed E-state index contributed by atoms with van der Waals surface area (Å²) in [4.78, 5) is 16.4. The smallest absolute Gasteiger partial charge is 0.224 e. The predicted octanol–water partition coefficient (Wildman–Crippen LogP) is 3.13. The third-order valence-corrected chi connectivity index (χ3v) is 3.87. The van der Waals surface area contributed by atoms with Crippen LogP contribution in [0.1, 0.15) is 18.5 Å². The highest BCUT2D eigenvalue weighted by atomic mass is 19.1. The second kappa shape index (κ2) is 6.80. The van der Waals surface area contributed by atoms with E-state index in [1.54, 1.807) is 12.1 Å². The third-order valence-electron chi connectivity index (χ3n) is 3.87. The number of carbonyl (C=O) groups excluding carboxylic acids is 1. The molecule has 0 radical (unpaired) electrons. The molecule has 0 atom stereocenters. The number of anilines is 1. The van der Waals surface area contributed by atoms with Gasteiger partial charge in [0.1, 0.15) is 11.5 Å². The standard InChI is InChI=1S/C18H19FN4O/c1-12-18(13-4-6-14(19)7-5-13)22-16-9-8-15(11-23(12)16)21-17(24)3-2-10-20/h4-9,11H,2-3,10,20H2,1H3,(H,21,24). The molecule has 124 valence electrons. The minimum absolute atomic E-state index is 0.0590. The molecule has 0 bridgehead atoms. The number of rotatable bonds is 5. The zero-order valence-electron chi connectivity index (χ0n) is 13.4. The maximum absolute atomic E-state index is 13.1. The van der Waals surface area contributed by atoms with Crippen LogP contribution in [0.3, 0.4) is 0 Å². The summed E-state index contributed by atoms with van der Waals surface area (Å²) >= 11 is 0. The summed E-state index contributed by atoms with van der Waals surface area (Å²) in [5.41, 5.74) is 9.46. The van der Waals surface area contributed by atoms with Gasteiger partial charge in [0, 0.05) is 23.9 Å². The number of imidazole rings is 1. The van der Waals surface area contributed by atoms with Gasteiger partial charge in [-0.3, -0.25) is 4.79 Å². The van der Waals surface area contributed by atoms with Crippen LogP contribution in [0.2, 0.25) is 0 Å². The molecule has 3 rings (SSSR count). The van der Waals surface area contributed by atoms with Crippen molar-refractivity contribution < 1.29 is 9.18 Å². The summed E-state index contributed by atoms with van der Waals surface area (Å²) in [5.74, 6) is -0.334. The van der Waals surface area contributed by atoms with Gasteiger partial charge in [-0.1, -0.05) is 0 Å². The molecule has 0 aliphatic heterocycles. The van der Waals surface area contributed by atoms with Gasteiger partial charge in [-0.05, 0) is 56.3 Å². The average Bonchev–Trinajstić information content (AvgIpc) is 2.90. The van der Waals surface area contributed by atoms with Gasteiger partial charge in [0.25, 0.3) is 0 Å². The fourth-order valence-corrected chi connectivity index (χ4v) is 2.60. The van der Waals surface area contributed by atoms with Gasteiger partial charge in [-0.2, -0.15) is 0 Å². The number of aromatic nitrogens is 2. The van der Waals surface area contributed by atoms with E-state index >= 15 is 0 Å². The Balaban J connectivity index is 1.91. The molecule has 3 N–H and O–H groups in total. The molecule has 0 aliphatic carbocycles. The van der Waals surface area contributed by atoms with Crippen molar-refractivity contribution in [3.05, 3.63) is 54.1 Å². The lowest BCUT2D eigenvalue weighted by atomic mass is 10.1. The summed E-state index contributed by atoms with van der Waals surface area (Å²) in [5, 5.41) is 2.86. The normalized spacial score (nSPS) is 11.0. The summed E-state index contributed by atoms with van der Waals surface area (Å²) in [6.45, 7) is 2.44. The van der Waals surface area contributed by atoms with Crippen molar-refractivity contribution in [1.82, 2.24) is 9.38 Å². The van der Waals surface area contributed by atoms with E-state index in [1.165, 1.54) is 12.1 Å². The van der Waals surface area contributed by atoms with Crippen molar-refractivity contribution in [1.29, 1.82) is 0 Å². The van der Waals surface area contributed by atoms with Gasteiger partial charge in [0.2, 0.25) is 5.91 Å². The van der Waals surface area contributed by atoms with Gasteiger partial charge < -0.3 is 15.5 Å². The number of nitrogens with two attached hydrogens (primary N) is 1. The molecule has 1 amide bonds. The maximum atomic E-state index is 13.1. The number of nitrogens with zero attached hydrogens (tertiary/aromatic N) is 2. The van der Waals surface area contributed by atoms with Gasteiger partial charge in [0.15, 0.2) is 0 Å². The minimum atomic E-state index is -0.275. The van der Waals surface area contributed by atoms with Gasteiger partial charge >= 0.3 is 0 Å². The van der Waals surface area contributed by atoms with Crippen molar-refractivity contribution >= 4 is 17.2 Å². The second-order valence-corrected chi connectivity index (χ2v) is 5.64. The second-order valence-electron chi connectivity index (χ2n) is 5.64. The fraction of sp³-hybridized carbons (Fsp3) is 0.222. The number of aryl methyl sites for hydroxylation is 1. The van der Waals surface area contributed by atoms with Crippen molar-refractivity contribution in [3.8, 4) is 11.3 Å². The number of fused-ring (bicyclic) bond motifs is 1. The van der Waals surface area contributed by atoms with E-state index in [1.807, 2.05) is 29.7 Å². The number of hydrogen-bond acceptors (Lipinski definition) is 3. The van der Waals surface area contributed by atoms with Gasteiger partial charge in [-0.15, -0.1) is 0 Å². The average molecular weight is 326 g/mol. The molecule has 0 unspecified atom stereocenters. The number of benzene rings is 1. The van der Waals surface area contributed by atoms with Crippen LogP contribution in [-0.2, 0) is 4.79 Å². The number of hydrogen-bond donors (Lipinski definition) is 2. The Kier molecular flexibility index (Phi) is 4.57. The first kappa shape index (κ1) is 16.1. The number of carbonyl (C=O) groups is 1. The van der Waals surface area contributed by atoms with Crippen LogP contribution < -0.4 is 11.1 Å². The van der Waals surface area contributed by atoms with E-state index in [2.05, 4.69) is 10.3 Å². The maximum Gasteiger partial charge on any atom is 0.224 e. The monoisotopic (exact) mass is 326 g/mol. The van der Waals surface area contributed by atoms with E-state index in [4.69, 9.17) is 5.73 Å². The highest BCUT2D eigenvalue weighted by molar-refractivity contribution is 5.90. The first-order chi connectivity index (χ1) is 11.6. The van der Waals surface area contributed by atoms with E-state index in [0.717, 1.165) is 22.6 Å². The molecule has 0 saturated carbocycles. The number of amides is 1. The lowest BCUT2D eigenvalue weighted by molar-refractivity contribution is -0.116. The Hall–Kier alpha value is -2.73. The molecule has 5 nitrogen and oxygen atoms in total. The molecule has 1 aromatic carbocycles. The van der Waals surface area contributed by atoms with Gasteiger partial charge in [-0.25, -0.2) is 9.37 Å². The van der Waals surface area contributed by atoms with E-state index in [-0.39, 0.29) is 11.7 Å². The van der Waals surface area contributed by atoms with E-state index in [0.29, 0.717) is 25.1 Å². The molecule has 0 spiro atoms. The SMILES string of the molecule is Cc1c(-c2ccc(F)cc2)nc2ccc(NC(=O)CCCN)cn12. The predicted molar refractivity (Wildman–Crippen MR) is 92.2 cm³/mol. The molecule has 0 fully saturated rings. The first-order valence-electron chi connectivity index (χ1n) is 7.83. The molecule has 3 aromatic rings. The molecule has 24 heavy (non-hydrogen) atoms. The van der Waals surface area contributed by atoms with Crippen LogP contribution in [0, 0.1) is 12.7 Å². The fourth-order valence-electron chi connectivity index (χ4n) is 2.60. The quantitative estimate of drug-likeness (QED) is 0.756. The first-order valence-corrected chi connectivity index (χ1v) is 7.83. The Bertz CT molecular complexity index is 871. The van der Waals surface area contributed by atoms with Crippen LogP contribution in [0.25, 0.3) is 16.9 Å². The van der Waals surface area contributed by atoms with Crippen LogP contribution in [0.15, 0.2) is 42.6 Å². The van der Waals surface area contributed by atoms with Crippen LogP contribution in [0.5, 0.6) is 0 Å². The Morgan fingerprint density at radius 1 is 1.25 bits per heavy atom. The van der Waals surface area contributed by atoms with E-state index < -0.39 is 0 Å². The molecule has 2 aromatic heterocycles. The summed E-state index contributed by atoms with van der Waals surface area (Å²) in [7, 11) is 0. The summed E-state index contributed by atoms with van der Waals surface area (Å²) in [6.07, 6.45) is 2.90. The molecular formula is C18H19FN4O. The minimum Gasteiger partial charge on any atom is -0.330 e. The Labute approximate surface area is 139 Å². The number of nitrogens with one attached hydrogen (secondary N) is 1. The van der Waals surface area contributed by atoms with Gasteiger partial charge in [0.05, 0.1) is 11.4 Å². The number of pyridine rings is 1. The summed E-state index contributed by atoms with van der Waals surface area (Å²) < 4.78 is 15.0. The lowest BCUT2D eigenvalue weighted by Crippen LogP contribution is -2.13. The van der Waals surface area contributed by atoms with Crippen LogP contribution in [0.4, 0.5) is 10.1 Å². The van der Waals surface area contributed by atoms with Crippen LogP contribution >= 0.6 is 0 Å².